The molecule has 118 valence electrons. The number of hydrogen-bond donors (Lipinski definition) is 0. The smallest absolute Gasteiger partial charge is 0.281 e. The predicted molar refractivity (Wildman–Crippen MR) is 80.2 cm³/mol. The summed E-state index contributed by atoms with van der Waals surface area (Å²) in [4.78, 5) is 0. The van der Waals surface area contributed by atoms with Crippen LogP contribution in [-0.2, 0) is 14.9 Å². The largest absolute Gasteiger partial charge is 0.377 e. The van der Waals surface area contributed by atoms with Crippen molar-refractivity contribution < 1.29 is 13.2 Å². The van der Waals surface area contributed by atoms with E-state index in [0.29, 0.717) is 38.7 Å². The van der Waals surface area contributed by atoms with Crippen LogP contribution in [0.1, 0.15) is 38.5 Å². The van der Waals surface area contributed by atoms with Gasteiger partial charge in [0.25, 0.3) is 10.2 Å². The molecule has 2 heterocycles. The van der Waals surface area contributed by atoms with Crippen LogP contribution >= 0.6 is 11.6 Å². The Balaban J connectivity index is 1.87. The standard InChI is InChI=1S/C13H25ClN2O3S/c14-7-12-19-13-5-10-16(11-6-13)20(17,18)15-8-3-1-2-4-9-15/h13H,1-12H2. The summed E-state index contributed by atoms with van der Waals surface area (Å²) < 4.78 is 34.1. The van der Waals surface area contributed by atoms with Gasteiger partial charge in [-0.15, -0.1) is 11.6 Å². The minimum atomic E-state index is -3.27. The Bertz CT molecular complexity index is 375. The molecule has 0 N–H and O–H groups in total. The van der Waals surface area contributed by atoms with Gasteiger partial charge in [0.2, 0.25) is 0 Å². The molecular weight excluding hydrogens is 300 g/mol. The summed E-state index contributed by atoms with van der Waals surface area (Å²) in [6.07, 6.45) is 5.93. The molecule has 0 spiro atoms. The van der Waals surface area contributed by atoms with Crippen molar-refractivity contribution in [2.75, 3.05) is 38.7 Å². The summed E-state index contributed by atoms with van der Waals surface area (Å²) in [5, 5.41) is 0. The van der Waals surface area contributed by atoms with Crippen molar-refractivity contribution in [2.45, 2.75) is 44.6 Å². The Kier molecular flexibility index (Phi) is 6.55. The quantitative estimate of drug-likeness (QED) is 0.725. The van der Waals surface area contributed by atoms with E-state index in [4.69, 9.17) is 16.3 Å². The summed E-state index contributed by atoms with van der Waals surface area (Å²) in [5.74, 6) is 0.492. The third kappa shape index (κ3) is 4.31. The van der Waals surface area contributed by atoms with Gasteiger partial charge in [-0.1, -0.05) is 12.8 Å². The number of hydrogen-bond acceptors (Lipinski definition) is 3. The first-order chi connectivity index (χ1) is 9.64. The average Bonchev–Trinajstić information content (AvgIpc) is 2.75. The fourth-order valence-corrected chi connectivity index (χ4v) is 4.68. The van der Waals surface area contributed by atoms with Crippen molar-refractivity contribution in [3.05, 3.63) is 0 Å². The van der Waals surface area contributed by atoms with Gasteiger partial charge in [-0.2, -0.15) is 17.0 Å². The summed E-state index contributed by atoms with van der Waals surface area (Å²) >= 11 is 5.60. The lowest BCUT2D eigenvalue weighted by molar-refractivity contribution is 0.0292. The van der Waals surface area contributed by atoms with Crippen LogP contribution in [0.2, 0.25) is 0 Å². The summed E-state index contributed by atoms with van der Waals surface area (Å²) in [7, 11) is -3.27. The Morgan fingerprint density at radius 1 is 0.950 bits per heavy atom. The van der Waals surface area contributed by atoms with E-state index < -0.39 is 10.2 Å². The molecule has 0 aromatic heterocycles. The van der Waals surface area contributed by atoms with E-state index in [1.54, 1.807) is 8.61 Å². The van der Waals surface area contributed by atoms with Crippen LogP contribution in [0.15, 0.2) is 0 Å². The summed E-state index contributed by atoms with van der Waals surface area (Å²) in [5.41, 5.74) is 0. The molecule has 0 atom stereocenters. The Hall–Kier alpha value is 0.120. The van der Waals surface area contributed by atoms with E-state index in [1.165, 1.54) is 0 Å². The van der Waals surface area contributed by atoms with E-state index in [2.05, 4.69) is 0 Å². The van der Waals surface area contributed by atoms with Crippen LogP contribution in [0.5, 0.6) is 0 Å². The molecule has 2 saturated heterocycles. The van der Waals surface area contributed by atoms with Crippen molar-refractivity contribution in [1.29, 1.82) is 0 Å². The van der Waals surface area contributed by atoms with Gasteiger partial charge in [-0.3, -0.25) is 0 Å². The highest BCUT2D eigenvalue weighted by atomic mass is 35.5. The lowest BCUT2D eigenvalue weighted by Crippen LogP contribution is -2.48. The minimum absolute atomic E-state index is 0.157. The highest BCUT2D eigenvalue weighted by Gasteiger charge is 2.33. The van der Waals surface area contributed by atoms with Gasteiger partial charge in [0, 0.05) is 32.1 Å². The zero-order chi connectivity index (χ0) is 14.4. The van der Waals surface area contributed by atoms with E-state index >= 15 is 0 Å². The monoisotopic (exact) mass is 324 g/mol. The molecule has 0 radical (unpaired) electrons. The number of ether oxygens (including phenoxy) is 1. The van der Waals surface area contributed by atoms with Crippen LogP contribution in [0.25, 0.3) is 0 Å². The van der Waals surface area contributed by atoms with Gasteiger partial charge < -0.3 is 4.74 Å². The number of halogens is 1. The number of rotatable bonds is 5. The molecule has 0 amide bonds. The Morgan fingerprint density at radius 2 is 1.50 bits per heavy atom. The number of piperidine rings is 1. The van der Waals surface area contributed by atoms with Gasteiger partial charge >= 0.3 is 0 Å². The Morgan fingerprint density at radius 3 is 2.05 bits per heavy atom. The number of alkyl halides is 1. The average molecular weight is 325 g/mol. The van der Waals surface area contributed by atoms with Gasteiger partial charge in [0.15, 0.2) is 0 Å². The molecule has 2 fully saturated rings. The SMILES string of the molecule is O=S(=O)(N1CCCCCC1)N1CCC(OCCCl)CC1. The van der Waals surface area contributed by atoms with Crippen molar-refractivity contribution in [2.24, 2.45) is 0 Å². The van der Waals surface area contributed by atoms with Crippen LogP contribution in [-0.4, -0.2) is 61.8 Å². The van der Waals surface area contributed by atoms with Crippen LogP contribution in [0.4, 0.5) is 0 Å². The van der Waals surface area contributed by atoms with Crippen LogP contribution in [0.3, 0.4) is 0 Å². The zero-order valence-corrected chi connectivity index (χ0v) is 13.5. The van der Waals surface area contributed by atoms with Gasteiger partial charge in [0.05, 0.1) is 12.7 Å². The van der Waals surface area contributed by atoms with E-state index in [1.807, 2.05) is 0 Å². The molecule has 0 aromatic carbocycles. The fourth-order valence-electron chi connectivity index (χ4n) is 2.88. The van der Waals surface area contributed by atoms with Gasteiger partial charge in [0.1, 0.15) is 0 Å². The van der Waals surface area contributed by atoms with Crippen LogP contribution < -0.4 is 0 Å². The molecule has 2 aliphatic heterocycles. The molecule has 2 rings (SSSR count). The second-order valence-corrected chi connectivity index (χ2v) is 7.79. The summed E-state index contributed by atoms with van der Waals surface area (Å²) in [6.45, 7) is 3.01. The lowest BCUT2D eigenvalue weighted by Gasteiger charge is -2.34. The van der Waals surface area contributed by atoms with Crippen molar-refractivity contribution >= 4 is 21.8 Å². The normalized spacial score (nSPS) is 24.6. The van der Waals surface area contributed by atoms with Gasteiger partial charge in [-0.25, -0.2) is 0 Å². The molecular formula is C13H25ClN2O3S. The van der Waals surface area contributed by atoms with Crippen LogP contribution in [0, 0.1) is 0 Å². The third-order valence-corrected chi connectivity index (χ3v) is 6.24. The minimum Gasteiger partial charge on any atom is -0.377 e. The van der Waals surface area contributed by atoms with E-state index in [-0.39, 0.29) is 6.10 Å². The maximum Gasteiger partial charge on any atom is 0.281 e. The molecule has 5 nitrogen and oxygen atoms in total. The van der Waals surface area contributed by atoms with Crippen molar-refractivity contribution in [3.63, 3.8) is 0 Å². The highest BCUT2D eigenvalue weighted by Crippen LogP contribution is 2.21. The first kappa shape index (κ1) is 16.5. The molecule has 0 aliphatic carbocycles. The first-order valence-electron chi connectivity index (χ1n) is 7.57. The maximum absolute atomic E-state index is 12.6. The second kappa shape index (κ2) is 7.94. The second-order valence-electron chi connectivity index (χ2n) is 5.48. The molecule has 2 aliphatic rings. The molecule has 7 heteroatoms. The van der Waals surface area contributed by atoms with Gasteiger partial charge in [-0.05, 0) is 25.7 Å². The zero-order valence-electron chi connectivity index (χ0n) is 12.0. The summed E-state index contributed by atoms with van der Waals surface area (Å²) in [6, 6.07) is 0. The van der Waals surface area contributed by atoms with E-state index in [0.717, 1.165) is 38.5 Å². The van der Waals surface area contributed by atoms with Crippen molar-refractivity contribution in [1.82, 2.24) is 8.61 Å². The lowest BCUT2D eigenvalue weighted by atomic mass is 10.1. The highest BCUT2D eigenvalue weighted by molar-refractivity contribution is 7.86. The Labute approximate surface area is 127 Å². The van der Waals surface area contributed by atoms with E-state index in [9.17, 15) is 8.42 Å². The molecule has 0 bridgehead atoms. The maximum atomic E-state index is 12.6. The molecule has 0 unspecified atom stereocenters. The topological polar surface area (TPSA) is 49.9 Å². The third-order valence-electron chi connectivity index (χ3n) is 4.05. The molecule has 0 saturated carbocycles. The molecule has 0 aromatic rings. The molecule has 20 heavy (non-hydrogen) atoms. The first-order valence-corrected chi connectivity index (χ1v) is 9.50. The van der Waals surface area contributed by atoms with Crippen molar-refractivity contribution in [3.8, 4) is 0 Å². The number of nitrogens with zero attached hydrogens (tertiary/aromatic N) is 2. The fraction of sp³-hybridized carbons (Fsp3) is 1.00. The predicted octanol–water partition coefficient (Wildman–Crippen LogP) is 1.83.